The minimum absolute atomic E-state index is 0.331. The van der Waals surface area contributed by atoms with Gasteiger partial charge in [-0.15, -0.1) is 11.8 Å². The van der Waals surface area contributed by atoms with E-state index in [0.29, 0.717) is 12.4 Å². The van der Waals surface area contributed by atoms with Crippen molar-refractivity contribution in [2.45, 2.75) is 50.9 Å². The number of carbonyl (C=O) groups excluding carboxylic acids is 1. The van der Waals surface area contributed by atoms with Gasteiger partial charge in [0, 0.05) is 10.5 Å². The Morgan fingerprint density at radius 3 is 2.53 bits per heavy atom. The number of hydrogen-bond acceptors (Lipinski definition) is 7. The lowest BCUT2D eigenvalue weighted by molar-refractivity contribution is -0.158. The largest absolute Gasteiger partial charge is 0.476 e. The first-order valence-electron chi connectivity index (χ1n) is 9.78. The second kappa shape index (κ2) is 9.62. The second-order valence-corrected chi connectivity index (χ2v) is 9.31. The third-order valence-corrected chi connectivity index (χ3v) is 6.32. The van der Waals surface area contributed by atoms with E-state index in [2.05, 4.69) is 34.5 Å². The predicted molar refractivity (Wildman–Crippen MR) is 122 cm³/mol. The molecule has 0 atom stereocenters. The Balaban J connectivity index is 1.62. The van der Waals surface area contributed by atoms with Crippen molar-refractivity contribution in [3.63, 3.8) is 0 Å². The molecule has 3 aromatic rings. The van der Waals surface area contributed by atoms with Crippen molar-refractivity contribution >= 4 is 29.3 Å². The Labute approximate surface area is 186 Å². The van der Waals surface area contributed by atoms with Crippen LogP contribution in [0.25, 0.3) is 11.4 Å². The van der Waals surface area contributed by atoms with Crippen molar-refractivity contribution in [2.75, 3.05) is 6.61 Å². The zero-order valence-electron chi connectivity index (χ0n) is 17.9. The van der Waals surface area contributed by atoms with E-state index in [4.69, 9.17) is 9.47 Å². The molecule has 0 aliphatic heterocycles. The molecule has 30 heavy (non-hydrogen) atoms. The number of hydrogen-bond donors (Lipinski definition) is 0. The molecule has 1 aromatic heterocycles. The Kier molecular flexibility index (Phi) is 7.15. The van der Waals surface area contributed by atoms with Crippen LogP contribution in [-0.4, -0.2) is 27.5 Å². The van der Waals surface area contributed by atoms with Crippen LogP contribution < -0.4 is 4.74 Å². The maximum Gasteiger partial charge on any atom is 0.349 e. The average molecular weight is 443 g/mol. The maximum atomic E-state index is 12.1. The Hall–Kier alpha value is -2.38. The number of carbonyl (C=O) groups is 1. The molecule has 0 bridgehead atoms. The van der Waals surface area contributed by atoms with Gasteiger partial charge in [0.2, 0.25) is 0 Å². The fourth-order valence-electron chi connectivity index (χ4n) is 2.73. The van der Waals surface area contributed by atoms with Gasteiger partial charge < -0.3 is 9.47 Å². The molecule has 3 rings (SSSR count). The van der Waals surface area contributed by atoms with E-state index in [1.165, 1.54) is 17.1 Å². The minimum Gasteiger partial charge on any atom is -0.476 e. The van der Waals surface area contributed by atoms with Gasteiger partial charge in [-0.1, -0.05) is 29.8 Å². The Bertz CT molecular complexity index is 1010. The molecular weight excluding hydrogens is 416 g/mol. The van der Waals surface area contributed by atoms with Crippen LogP contribution in [0, 0.1) is 13.8 Å². The summed E-state index contributed by atoms with van der Waals surface area (Å²) in [5.74, 6) is 1.83. The van der Waals surface area contributed by atoms with E-state index in [9.17, 15) is 4.79 Å². The van der Waals surface area contributed by atoms with Gasteiger partial charge in [0.05, 0.1) is 12.4 Å². The lowest BCUT2D eigenvalue weighted by Gasteiger charge is -2.25. The van der Waals surface area contributed by atoms with E-state index in [1.807, 2.05) is 31.2 Å². The first-order chi connectivity index (χ1) is 14.3. The van der Waals surface area contributed by atoms with Crippen molar-refractivity contribution in [2.24, 2.45) is 0 Å². The average Bonchev–Trinajstić information content (AvgIpc) is 3.18. The molecule has 0 unspecified atom stereocenters. The molecule has 0 aliphatic rings. The molecule has 1 heterocycles. The van der Waals surface area contributed by atoms with Gasteiger partial charge in [0.25, 0.3) is 0 Å². The number of nitrogens with zero attached hydrogens (tertiary/aromatic N) is 2. The summed E-state index contributed by atoms with van der Waals surface area (Å²) in [5, 5.41) is 0.983. The van der Waals surface area contributed by atoms with Crippen molar-refractivity contribution in [3.8, 4) is 17.1 Å². The van der Waals surface area contributed by atoms with Gasteiger partial charge >= 0.3 is 5.97 Å². The number of aryl methyl sites for hydroxylation is 2. The molecule has 158 valence electrons. The molecular formula is C23H26N2O3S2. The molecule has 0 saturated heterocycles. The summed E-state index contributed by atoms with van der Waals surface area (Å²) in [4.78, 5) is 17.8. The minimum atomic E-state index is -1.03. The first-order valence-corrected chi connectivity index (χ1v) is 11.5. The SMILES string of the molecule is CCOC(=O)C(C)(C)Oc1ccc(SCc2nc(-c3ccc(C)cc3)ns2)cc1C. The lowest BCUT2D eigenvalue weighted by Crippen LogP contribution is -2.39. The highest BCUT2D eigenvalue weighted by molar-refractivity contribution is 7.98. The summed E-state index contributed by atoms with van der Waals surface area (Å²) >= 11 is 3.13. The van der Waals surface area contributed by atoms with Gasteiger partial charge in [-0.05, 0) is 69.9 Å². The van der Waals surface area contributed by atoms with Gasteiger partial charge in [-0.25, -0.2) is 9.78 Å². The fraction of sp³-hybridized carbons (Fsp3) is 0.348. The van der Waals surface area contributed by atoms with E-state index in [-0.39, 0.29) is 5.97 Å². The number of esters is 1. The first kappa shape index (κ1) is 22.3. The van der Waals surface area contributed by atoms with Crippen molar-refractivity contribution < 1.29 is 14.3 Å². The quantitative estimate of drug-likeness (QED) is 0.323. The highest BCUT2D eigenvalue weighted by Crippen LogP contribution is 2.31. The van der Waals surface area contributed by atoms with Crippen molar-refractivity contribution in [1.82, 2.24) is 9.36 Å². The van der Waals surface area contributed by atoms with Gasteiger partial charge in [0.1, 0.15) is 10.8 Å². The third-order valence-electron chi connectivity index (χ3n) is 4.42. The summed E-state index contributed by atoms with van der Waals surface area (Å²) in [6, 6.07) is 14.2. The zero-order chi connectivity index (χ0) is 21.7. The molecule has 7 heteroatoms. The fourth-order valence-corrected chi connectivity index (χ4v) is 4.36. The standard InChI is InChI=1S/C23H26N2O3S2/c1-6-27-22(26)23(4,5)28-19-12-11-18(13-16(19)3)29-14-20-24-21(25-30-20)17-9-7-15(2)8-10-17/h7-13H,6,14H2,1-5H3. The van der Waals surface area contributed by atoms with Crippen molar-refractivity contribution in [3.05, 3.63) is 58.6 Å². The highest BCUT2D eigenvalue weighted by atomic mass is 32.2. The van der Waals surface area contributed by atoms with Gasteiger partial charge in [0.15, 0.2) is 11.4 Å². The summed E-state index contributed by atoms with van der Waals surface area (Å²) in [6.45, 7) is 9.59. The van der Waals surface area contributed by atoms with E-state index < -0.39 is 5.60 Å². The number of ether oxygens (including phenoxy) is 2. The zero-order valence-corrected chi connectivity index (χ0v) is 19.5. The van der Waals surface area contributed by atoms with Crippen LogP contribution in [0.5, 0.6) is 5.75 Å². The van der Waals surface area contributed by atoms with Crippen LogP contribution >= 0.6 is 23.3 Å². The molecule has 0 aliphatic carbocycles. The normalized spacial score (nSPS) is 11.4. The maximum absolute atomic E-state index is 12.1. The molecule has 0 N–H and O–H groups in total. The molecule has 0 saturated carbocycles. The van der Waals surface area contributed by atoms with Crippen molar-refractivity contribution in [1.29, 1.82) is 0 Å². The molecule has 0 radical (unpaired) electrons. The summed E-state index contributed by atoms with van der Waals surface area (Å²) in [5.41, 5.74) is 2.19. The van der Waals surface area contributed by atoms with Crippen LogP contribution in [0.1, 0.15) is 36.9 Å². The Morgan fingerprint density at radius 2 is 1.87 bits per heavy atom. The highest BCUT2D eigenvalue weighted by Gasteiger charge is 2.32. The van der Waals surface area contributed by atoms with Crippen LogP contribution in [0.3, 0.4) is 0 Å². The molecule has 5 nitrogen and oxygen atoms in total. The van der Waals surface area contributed by atoms with E-state index in [1.54, 1.807) is 32.5 Å². The molecule has 0 amide bonds. The Morgan fingerprint density at radius 1 is 1.13 bits per heavy atom. The molecule has 0 spiro atoms. The smallest absolute Gasteiger partial charge is 0.349 e. The van der Waals surface area contributed by atoms with Gasteiger partial charge in [-0.2, -0.15) is 4.37 Å². The summed E-state index contributed by atoms with van der Waals surface area (Å²) < 4.78 is 15.5. The summed E-state index contributed by atoms with van der Waals surface area (Å²) in [6.07, 6.45) is 0. The van der Waals surface area contributed by atoms with E-state index >= 15 is 0 Å². The third kappa shape index (κ3) is 5.61. The monoisotopic (exact) mass is 442 g/mol. The second-order valence-electron chi connectivity index (χ2n) is 7.43. The predicted octanol–water partition coefficient (Wildman–Crippen LogP) is 5.83. The number of rotatable bonds is 8. The topological polar surface area (TPSA) is 61.3 Å². The van der Waals surface area contributed by atoms with Crippen LogP contribution in [-0.2, 0) is 15.3 Å². The van der Waals surface area contributed by atoms with Crippen LogP contribution in [0.2, 0.25) is 0 Å². The summed E-state index contributed by atoms with van der Waals surface area (Å²) in [7, 11) is 0. The number of thioether (sulfide) groups is 1. The van der Waals surface area contributed by atoms with Gasteiger partial charge in [-0.3, -0.25) is 0 Å². The van der Waals surface area contributed by atoms with Crippen LogP contribution in [0.15, 0.2) is 47.4 Å². The van der Waals surface area contributed by atoms with Crippen LogP contribution in [0.4, 0.5) is 0 Å². The lowest BCUT2D eigenvalue weighted by atomic mass is 10.1. The molecule has 2 aromatic carbocycles. The molecule has 0 fully saturated rings. The van der Waals surface area contributed by atoms with E-state index in [0.717, 1.165) is 32.6 Å². The number of aromatic nitrogens is 2. The number of benzene rings is 2.